The SMILES string of the molecule is O=C1CCC(n2ccc3cc(I)ccc3c2=O)C(=O)N1. The Kier molecular flexibility index (Phi) is 3.33. The summed E-state index contributed by atoms with van der Waals surface area (Å²) in [5.74, 6) is -0.692. The zero-order valence-corrected chi connectivity index (χ0v) is 12.6. The zero-order chi connectivity index (χ0) is 14.3. The summed E-state index contributed by atoms with van der Waals surface area (Å²) in [4.78, 5) is 35.5. The highest BCUT2D eigenvalue weighted by Gasteiger charge is 2.28. The third kappa shape index (κ3) is 2.24. The van der Waals surface area contributed by atoms with Gasteiger partial charge in [-0.1, -0.05) is 0 Å². The number of fused-ring (bicyclic) bond motifs is 1. The molecule has 1 fully saturated rings. The molecule has 1 aliphatic rings. The molecule has 2 aromatic rings. The molecule has 1 unspecified atom stereocenters. The van der Waals surface area contributed by atoms with Gasteiger partial charge in [0.2, 0.25) is 11.8 Å². The molecule has 0 radical (unpaired) electrons. The molecule has 1 aromatic carbocycles. The van der Waals surface area contributed by atoms with Crippen molar-refractivity contribution in [1.82, 2.24) is 9.88 Å². The van der Waals surface area contributed by atoms with Crippen LogP contribution >= 0.6 is 22.6 Å². The lowest BCUT2D eigenvalue weighted by atomic mass is 10.1. The highest BCUT2D eigenvalue weighted by molar-refractivity contribution is 14.1. The second-order valence-electron chi connectivity index (χ2n) is 4.73. The lowest BCUT2D eigenvalue weighted by Gasteiger charge is -2.23. The minimum atomic E-state index is -0.608. The van der Waals surface area contributed by atoms with Crippen molar-refractivity contribution in [3.63, 3.8) is 0 Å². The van der Waals surface area contributed by atoms with Gasteiger partial charge in [0, 0.05) is 21.6 Å². The number of amides is 2. The Morgan fingerprint density at radius 3 is 2.75 bits per heavy atom. The van der Waals surface area contributed by atoms with Crippen LogP contribution in [-0.2, 0) is 9.59 Å². The van der Waals surface area contributed by atoms with Gasteiger partial charge in [-0.3, -0.25) is 19.7 Å². The lowest BCUT2D eigenvalue weighted by molar-refractivity contribution is -0.135. The average Bonchev–Trinajstić information content (AvgIpc) is 2.40. The first-order valence-electron chi connectivity index (χ1n) is 6.20. The number of nitrogens with zero attached hydrogens (tertiary/aromatic N) is 1. The van der Waals surface area contributed by atoms with Crippen molar-refractivity contribution >= 4 is 45.2 Å². The van der Waals surface area contributed by atoms with E-state index >= 15 is 0 Å². The molecule has 1 aromatic heterocycles. The molecule has 3 rings (SSSR count). The van der Waals surface area contributed by atoms with Crippen molar-refractivity contribution < 1.29 is 9.59 Å². The summed E-state index contributed by atoms with van der Waals surface area (Å²) >= 11 is 2.19. The van der Waals surface area contributed by atoms with E-state index in [1.165, 1.54) is 4.57 Å². The fourth-order valence-corrected chi connectivity index (χ4v) is 2.94. The Morgan fingerprint density at radius 2 is 2.00 bits per heavy atom. The second kappa shape index (κ2) is 5.01. The summed E-state index contributed by atoms with van der Waals surface area (Å²) in [6, 6.07) is 6.76. The molecule has 0 spiro atoms. The largest absolute Gasteiger partial charge is 0.302 e. The van der Waals surface area contributed by atoms with Crippen molar-refractivity contribution in [3.05, 3.63) is 44.4 Å². The summed E-state index contributed by atoms with van der Waals surface area (Å²) in [7, 11) is 0. The van der Waals surface area contributed by atoms with Gasteiger partial charge in [-0.25, -0.2) is 0 Å². The number of imide groups is 1. The van der Waals surface area contributed by atoms with Crippen LogP contribution in [0.4, 0.5) is 0 Å². The molecule has 5 nitrogen and oxygen atoms in total. The molecule has 0 saturated carbocycles. The number of benzene rings is 1. The van der Waals surface area contributed by atoms with Gasteiger partial charge in [0.05, 0.1) is 0 Å². The summed E-state index contributed by atoms with van der Waals surface area (Å²) in [5, 5.41) is 3.71. The van der Waals surface area contributed by atoms with E-state index in [0.717, 1.165) is 8.96 Å². The lowest BCUT2D eigenvalue weighted by Crippen LogP contribution is -2.44. The number of halogens is 1. The molecular weight excluding hydrogens is 371 g/mol. The van der Waals surface area contributed by atoms with E-state index in [2.05, 4.69) is 27.9 Å². The number of aromatic nitrogens is 1. The molecule has 0 aliphatic carbocycles. The van der Waals surface area contributed by atoms with Gasteiger partial charge in [-0.05, 0) is 58.7 Å². The summed E-state index contributed by atoms with van der Waals surface area (Å²) < 4.78 is 2.46. The van der Waals surface area contributed by atoms with Crippen LogP contribution in [-0.4, -0.2) is 16.4 Å². The normalized spacial score (nSPS) is 19.1. The number of rotatable bonds is 1. The third-order valence-corrected chi connectivity index (χ3v) is 4.11. The molecule has 1 saturated heterocycles. The van der Waals surface area contributed by atoms with Gasteiger partial charge in [-0.2, -0.15) is 0 Å². The van der Waals surface area contributed by atoms with Crippen LogP contribution in [0.1, 0.15) is 18.9 Å². The van der Waals surface area contributed by atoms with Gasteiger partial charge in [0.1, 0.15) is 6.04 Å². The van der Waals surface area contributed by atoms with Crippen molar-refractivity contribution in [1.29, 1.82) is 0 Å². The van der Waals surface area contributed by atoms with Crippen LogP contribution in [0, 0.1) is 3.57 Å². The predicted octanol–water partition coefficient (Wildman–Crippen LogP) is 1.58. The van der Waals surface area contributed by atoms with Crippen molar-refractivity contribution in [3.8, 4) is 0 Å². The van der Waals surface area contributed by atoms with E-state index in [4.69, 9.17) is 0 Å². The standard InChI is InChI=1S/C14H11IN2O3/c15-9-1-2-10-8(7-9)5-6-17(14(10)20)11-3-4-12(18)16-13(11)19/h1-2,5-7,11H,3-4H2,(H,16,18,19). The van der Waals surface area contributed by atoms with Crippen LogP contribution in [0.15, 0.2) is 35.3 Å². The third-order valence-electron chi connectivity index (χ3n) is 3.44. The maximum atomic E-state index is 12.5. The molecule has 6 heteroatoms. The molecule has 1 N–H and O–H groups in total. The van der Waals surface area contributed by atoms with Crippen molar-refractivity contribution in [2.24, 2.45) is 0 Å². The van der Waals surface area contributed by atoms with E-state index in [0.29, 0.717) is 11.8 Å². The van der Waals surface area contributed by atoms with Gasteiger partial charge in [0.15, 0.2) is 0 Å². The molecule has 2 heterocycles. The Bertz CT molecular complexity index is 782. The van der Waals surface area contributed by atoms with Gasteiger partial charge in [-0.15, -0.1) is 0 Å². The summed E-state index contributed by atoms with van der Waals surface area (Å²) in [6.45, 7) is 0. The number of piperidine rings is 1. The van der Waals surface area contributed by atoms with Crippen molar-refractivity contribution in [2.45, 2.75) is 18.9 Å². The minimum absolute atomic E-state index is 0.201. The molecule has 2 amide bonds. The fraction of sp³-hybridized carbons (Fsp3) is 0.214. The average molecular weight is 382 g/mol. The van der Waals surface area contributed by atoms with E-state index in [9.17, 15) is 14.4 Å². The molecule has 1 atom stereocenters. The first-order valence-corrected chi connectivity index (χ1v) is 7.28. The van der Waals surface area contributed by atoms with Gasteiger partial charge in [0.25, 0.3) is 5.56 Å². The predicted molar refractivity (Wildman–Crippen MR) is 82.3 cm³/mol. The molecule has 20 heavy (non-hydrogen) atoms. The maximum absolute atomic E-state index is 12.5. The first kappa shape index (κ1) is 13.3. The topological polar surface area (TPSA) is 68.2 Å². The van der Waals surface area contributed by atoms with E-state index < -0.39 is 11.9 Å². The molecule has 1 aliphatic heterocycles. The van der Waals surface area contributed by atoms with Crippen LogP contribution < -0.4 is 10.9 Å². The number of carbonyl (C=O) groups is 2. The minimum Gasteiger partial charge on any atom is -0.302 e. The molecule has 102 valence electrons. The highest BCUT2D eigenvalue weighted by Crippen LogP contribution is 2.19. The Morgan fingerprint density at radius 1 is 1.20 bits per heavy atom. The quantitative estimate of drug-likeness (QED) is 0.602. The van der Waals surface area contributed by atoms with E-state index in [1.807, 2.05) is 18.2 Å². The maximum Gasteiger partial charge on any atom is 0.259 e. The Labute approximate surface area is 128 Å². The summed E-state index contributed by atoms with van der Waals surface area (Å²) in [6.07, 6.45) is 2.24. The van der Waals surface area contributed by atoms with Crippen LogP contribution in [0.2, 0.25) is 0 Å². The zero-order valence-electron chi connectivity index (χ0n) is 10.4. The van der Waals surface area contributed by atoms with Gasteiger partial charge < -0.3 is 4.57 Å². The first-order chi connectivity index (χ1) is 9.56. The Hall–Kier alpha value is -1.70. The number of hydrogen-bond acceptors (Lipinski definition) is 3. The van der Waals surface area contributed by atoms with Crippen LogP contribution in [0.5, 0.6) is 0 Å². The van der Waals surface area contributed by atoms with Crippen molar-refractivity contribution in [2.75, 3.05) is 0 Å². The highest BCUT2D eigenvalue weighted by atomic mass is 127. The molecular formula is C14H11IN2O3. The number of nitrogens with one attached hydrogen (secondary N) is 1. The second-order valence-corrected chi connectivity index (χ2v) is 5.97. The summed E-state index contributed by atoms with van der Waals surface area (Å²) in [5.41, 5.74) is -0.201. The number of pyridine rings is 1. The van der Waals surface area contributed by atoms with E-state index in [1.54, 1.807) is 12.3 Å². The number of carbonyl (C=O) groups excluding carboxylic acids is 2. The monoisotopic (exact) mass is 382 g/mol. The molecule has 0 bridgehead atoms. The van der Waals surface area contributed by atoms with Crippen LogP contribution in [0.25, 0.3) is 10.8 Å². The smallest absolute Gasteiger partial charge is 0.259 e. The fourth-order valence-electron chi connectivity index (χ4n) is 2.43. The Balaban J connectivity index is 2.11. The van der Waals surface area contributed by atoms with Gasteiger partial charge >= 0.3 is 0 Å². The van der Waals surface area contributed by atoms with Crippen LogP contribution in [0.3, 0.4) is 0 Å². The van der Waals surface area contributed by atoms with E-state index in [-0.39, 0.29) is 17.9 Å². The number of hydrogen-bond donors (Lipinski definition) is 1.